The van der Waals surface area contributed by atoms with E-state index in [9.17, 15) is 0 Å². The highest BCUT2D eigenvalue weighted by molar-refractivity contribution is 9.09. The summed E-state index contributed by atoms with van der Waals surface area (Å²) in [7, 11) is 0. The van der Waals surface area contributed by atoms with Crippen molar-refractivity contribution in [3.05, 3.63) is 0 Å². The van der Waals surface area contributed by atoms with Crippen LogP contribution >= 0.6 is 15.9 Å². The van der Waals surface area contributed by atoms with Crippen LogP contribution in [0.5, 0.6) is 0 Å². The van der Waals surface area contributed by atoms with Crippen LogP contribution in [0.1, 0.15) is 59.8 Å². The summed E-state index contributed by atoms with van der Waals surface area (Å²) in [4.78, 5) is 0. The maximum absolute atomic E-state index is 6.28. The van der Waals surface area contributed by atoms with Crippen molar-refractivity contribution in [3.63, 3.8) is 0 Å². The average molecular weight is 317 g/mol. The van der Waals surface area contributed by atoms with Gasteiger partial charge in [0.15, 0.2) is 0 Å². The lowest BCUT2D eigenvalue weighted by Crippen LogP contribution is -2.37. The molecule has 2 aliphatic carbocycles. The summed E-state index contributed by atoms with van der Waals surface area (Å²) in [5, 5.41) is 1.12. The lowest BCUT2D eigenvalue weighted by Gasteiger charge is -2.39. The zero-order valence-corrected chi connectivity index (χ0v) is 14.1. The Balaban J connectivity index is 1.82. The van der Waals surface area contributed by atoms with E-state index >= 15 is 0 Å². The van der Waals surface area contributed by atoms with Crippen LogP contribution in [-0.4, -0.2) is 18.0 Å². The first kappa shape index (κ1) is 14.8. The van der Waals surface area contributed by atoms with E-state index in [-0.39, 0.29) is 0 Å². The SMILES string of the molecule is CC(CCBr)CCOC1CC2CCC1(C)C2(C)C. The molecule has 0 aliphatic heterocycles. The van der Waals surface area contributed by atoms with Crippen LogP contribution in [0, 0.1) is 22.7 Å². The molecule has 0 aromatic carbocycles. The zero-order valence-electron chi connectivity index (χ0n) is 12.5. The minimum absolute atomic E-state index is 0.427. The van der Waals surface area contributed by atoms with Crippen molar-refractivity contribution < 1.29 is 4.74 Å². The molecule has 2 saturated carbocycles. The molecule has 106 valence electrons. The summed E-state index contributed by atoms with van der Waals surface area (Å²) in [6, 6.07) is 0. The molecule has 2 bridgehead atoms. The van der Waals surface area contributed by atoms with Gasteiger partial charge in [-0.1, -0.05) is 43.6 Å². The molecular formula is C16H29BrO. The van der Waals surface area contributed by atoms with Crippen molar-refractivity contribution >= 4 is 15.9 Å². The Bertz CT molecular complexity index is 289. The molecule has 0 heterocycles. The van der Waals surface area contributed by atoms with Crippen LogP contribution in [0.3, 0.4) is 0 Å². The van der Waals surface area contributed by atoms with E-state index in [0.717, 1.165) is 23.8 Å². The third kappa shape index (κ3) is 2.40. The zero-order chi connectivity index (χ0) is 13.4. The van der Waals surface area contributed by atoms with Gasteiger partial charge in [-0.3, -0.25) is 0 Å². The van der Waals surface area contributed by atoms with Crippen molar-refractivity contribution in [2.75, 3.05) is 11.9 Å². The third-order valence-electron chi connectivity index (χ3n) is 6.25. The van der Waals surface area contributed by atoms with Crippen LogP contribution in [0.2, 0.25) is 0 Å². The predicted octanol–water partition coefficient (Wildman–Crippen LogP) is 5.03. The van der Waals surface area contributed by atoms with Crippen molar-refractivity contribution in [2.24, 2.45) is 22.7 Å². The minimum atomic E-state index is 0.427. The van der Waals surface area contributed by atoms with Crippen LogP contribution < -0.4 is 0 Å². The van der Waals surface area contributed by atoms with E-state index < -0.39 is 0 Å². The molecule has 18 heavy (non-hydrogen) atoms. The second kappa shape index (κ2) is 5.44. The van der Waals surface area contributed by atoms with Crippen molar-refractivity contribution in [1.29, 1.82) is 0 Å². The first-order valence-corrected chi connectivity index (χ1v) is 8.71. The second-order valence-electron chi connectivity index (χ2n) is 7.34. The molecule has 0 N–H and O–H groups in total. The molecular weight excluding hydrogens is 288 g/mol. The number of hydrogen-bond acceptors (Lipinski definition) is 1. The quantitative estimate of drug-likeness (QED) is 0.624. The lowest BCUT2D eigenvalue weighted by molar-refractivity contribution is -0.0498. The van der Waals surface area contributed by atoms with Gasteiger partial charge in [-0.25, -0.2) is 0 Å². The molecule has 4 unspecified atom stereocenters. The fraction of sp³-hybridized carbons (Fsp3) is 1.00. The van der Waals surface area contributed by atoms with Gasteiger partial charge < -0.3 is 4.74 Å². The number of alkyl halides is 1. The fourth-order valence-corrected chi connectivity index (χ4v) is 4.91. The standard InChI is InChI=1S/C16H29BrO/c1-12(6-9-17)7-10-18-14-11-13-5-8-16(14,4)15(13,2)3/h12-14H,5-11H2,1-4H3. The number of ether oxygens (including phenoxy) is 1. The summed E-state index contributed by atoms with van der Waals surface area (Å²) in [5.74, 6) is 1.68. The Morgan fingerprint density at radius 3 is 2.50 bits per heavy atom. The Morgan fingerprint density at radius 1 is 1.28 bits per heavy atom. The van der Waals surface area contributed by atoms with E-state index in [4.69, 9.17) is 4.74 Å². The predicted molar refractivity (Wildman–Crippen MR) is 81.2 cm³/mol. The Morgan fingerprint density at radius 2 is 2.00 bits per heavy atom. The lowest BCUT2D eigenvalue weighted by atomic mass is 9.70. The Hall–Kier alpha value is 0.440. The maximum atomic E-state index is 6.28. The van der Waals surface area contributed by atoms with E-state index in [1.54, 1.807) is 0 Å². The van der Waals surface area contributed by atoms with Crippen LogP contribution in [0.25, 0.3) is 0 Å². The topological polar surface area (TPSA) is 9.23 Å². The van der Waals surface area contributed by atoms with Gasteiger partial charge in [0.2, 0.25) is 0 Å². The smallest absolute Gasteiger partial charge is 0.0636 e. The highest BCUT2D eigenvalue weighted by Crippen LogP contribution is 2.66. The third-order valence-corrected chi connectivity index (χ3v) is 6.70. The summed E-state index contributed by atoms with van der Waals surface area (Å²) in [6.45, 7) is 10.7. The van der Waals surface area contributed by atoms with Gasteiger partial charge in [0, 0.05) is 11.9 Å². The van der Waals surface area contributed by atoms with Crippen molar-refractivity contribution in [1.82, 2.24) is 0 Å². The number of rotatable bonds is 6. The summed E-state index contributed by atoms with van der Waals surface area (Å²) < 4.78 is 6.28. The molecule has 1 nitrogen and oxygen atoms in total. The summed E-state index contributed by atoms with van der Waals surface area (Å²) in [6.07, 6.45) is 7.08. The van der Waals surface area contributed by atoms with Gasteiger partial charge in [0.05, 0.1) is 6.10 Å². The molecule has 2 fully saturated rings. The molecule has 4 atom stereocenters. The highest BCUT2D eigenvalue weighted by atomic mass is 79.9. The highest BCUT2D eigenvalue weighted by Gasteiger charge is 2.61. The molecule has 0 amide bonds. The average Bonchev–Trinajstić information content (AvgIpc) is 2.62. The van der Waals surface area contributed by atoms with Gasteiger partial charge in [-0.2, -0.15) is 0 Å². The largest absolute Gasteiger partial charge is 0.378 e. The van der Waals surface area contributed by atoms with E-state index in [2.05, 4.69) is 43.6 Å². The molecule has 0 aromatic rings. The van der Waals surface area contributed by atoms with Gasteiger partial charge in [0.1, 0.15) is 0 Å². The summed E-state index contributed by atoms with van der Waals surface area (Å²) in [5.41, 5.74) is 0.912. The Kier molecular flexibility index (Phi) is 4.48. The monoisotopic (exact) mass is 316 g/mol. The summed E-state index contributed by atoms with van der Waals surface area (Å²) >= 11 is 3.52. The van der Waals surface area contributed by atoms with Crippen LogP contribution in [0.4, 0.5) is 0 Å². The number of fused-ring (bicyclic) bond motifs is 2. The van der Waals surface area contributed by atoms with E-state index in [1.165, 1.54) is 32.1 Å². The number of halogens is 1. The maximum Gasteiger partial charge on any atom is 0.0636 e. The molecule has 0 radical (unpaired) electrons. The van der Waals surface area contributed by atoms with Crippen LogP contribution in [-0.2, 0) is 4.74 Å². The molecule has 0 saturated heterocycles. The van der Waals surface area contributed by atoms with E-state index in [0.29, 0.717) is 16.9 Å². The fourth-order valence-electron chi connectivity index (χ4n) is 4.12. The first-order chi connectivity index (χ1) is 8.41. The van der Waals surface area contributed by atoms with E-state index in [1.807, 2.05) is 0 Å². The van der Waals surface area contributed by atoms with Crippen molar-refractivity contribution in [3.8, 4) is 0 Å². The minimum Gasteiger partial charge on any atom is -0.378 e. The van der Waals surface area contributed by atoms with Crippen molar-refractivity contribution in [2.45, 2.75) is 65.9 Å². The van der Waals surface area contributed by atoms with Crippen LogP contribution in [0.15, 0.2) is 0 Å². The van der Waals surface area contributed by atoms with Gasteiger partial charge in [-0.15, -0.1) is 0 Å². The normalized spacial score (nSPS) is 39.2. The Labute approximate surface area is 121 Å². The first-order valence-electron chi connectivity index (χ1n) is 7.59. The molecule has 2 rings (SSSR count). The molecule has 2 heteroatoms. The number of hydrogen-bond donors (Lipinski definition) is 0. The van der Waals surface area contributed by atoms with Gasteiger partial charge >= 0.3 is 0 Å². The van der Waals surface area contributed by atoms with Gasteiger partial charge in [0.25, 0.3) is 0 Å². The molecule has 0 spiro atoms. The molecule has 0 aromatic heterocycles. The second-order valence-corrected chi connectivity index (χ2v) is 8.13. The molecule has 2 aliphatic rings. The van der Waals surface area contributed by atoms with Gasteiger partial charge in [-0.05, 0) is 54.8 Å².